The van der Waals surface area contributed by atoms with Gasteiger partial charge in [0.25, 0.3) is 0 Å². The van der Waals surface area contributed by atoms with Crippen LogP contribution in [0.5, 0.6) is 0 Å². The fourth-order valence-corrected chi connectivity index (χ4v) is 3.89. The van der Waals surface area contributed by atoms with Crippen molar-refractivity contribution in [2.45, 2.75) is 5.16 Å². The molecule has 0 aliphatic carbocycles. The Morgan fingerprint density at radius 3 is 2.59 bits per heavy atom. The van der Waals surface area contributed by atoms with Gasteiger partial charge in [0.2, 0.25) is 5.91 Å². The molecule has 1 aromatic heterocycles. The topological polar surface area (TPSA) is 63.1 Å². The third kappa shape index (κ3) is 5.73. The SMILES string of the molecule is CN(C)CCNC(=O)CSc1nnc(-c2ccc(Cl)cc2Cl)n1-c1ccccc1. The fraction of sp³-hybridized carbons (Fsp3) is 0.250. The smallest absolute Gasteiger partial charge is 0.230 e. The van der Waals surface area contributed by atoms with Gasteiger partial charge in [0.1, 0.15) is 0 Å². The number of aromatic nitrogens is 3. The maximum Gasteiger partial charge on any atom is 0.230 e. The number of likely N-dealkylation sites (N-methyl/N-ethyl adjacent to an activating group) is 1. The van der Waals surface area contributed by atoms with Crippen LogP contribution in [0.25, 0.3) is 17.1 Å². The van der Waals surface area contributed by atoms with E-state index in [1.165, 1.54) is 11.8 Å². The molecule has 0 saturated carbocycles. The first-order chi connectivity index (χ1) is 14.0. The van der Waals surface area contributed by atoms with Gasteiger partial charge in [-0.2, -0.15) is 0 Å². The van der Waals surface area contributed by atoms with Gasteiger partial charge >= 0.3 is 0 Å². The molecule has 0 atom stereocenters. The molecule has 1 amide bonds. The van der Waals surface area contributed by atoms with E-state index in [9.17, 15) is 4.79 Å². The van der Waals surface area contributed by atoms with Crippen LogP contribution in [0, 0.1) is 0 Å². The first kappa shape index (κ1) is 21.6. The maximum atomic E-state index is 12.2. The zero-order chi connectivity index (χ0) is 20.8. The molecule has 0 aliphatic heterocycles. The van der Waals surface area contributed by atoms with E-state index in [1.807, 2.05) is 60.0 Å². The average molecular weight is 450 g/mol. The monoisotopic (exact) mass is 449 g/mol. The second kappa shape index (κ2) is 10.1. The first-order valence-corrected chi connectivity index (χ1v) is 10.7. The van der Waals surface area contributed by atoms with Crippen molar-refractivity contribution in [3.63, 3.8) is 0 Å². The van der Waals surface area contributed by atoms with Gasteiger partial charge < -0.3 is 10.2 Å². The fourth-order valence-electron chi connectivity index (χ4n) is 2.62. The second-order valence-electron chi connectivity index (χ2n) is 6.54. The highest BCUT2D eigenvalue weighted by atomic mass is 35.5. The number of thioether (sulfide) groups is 1. The molecule has 0 bridgehead atoms. The molecule has 0 spiro atoms. The number of hydrogen-bond donors (Lipinski definition) is 1. The van der Waals surface area contributed by atoms with Crippen LogP contribution >= 0.6 is 35.0 Å². The van der Waals surface area contributed by atoms with E-state index in [1.54, 1.807) is 12.1 Å². The molecule has 1 heterocycles. The molecule has 0 unspecified atom stereocenters. The number of hydrogen-bond acceptors (Lipinski definition) is 5. The average Bonchev–Trinajstić information content (AvgIpc) is 3.10. The van der Waals surface area contributed by atoms with Crippen LogP contribution in [0.4, 0.5) is 0 Å². The molecule has 2 aromatic carbocycles. The van der Waals surface area contributed by atoms with Crippen LogP contribution in [0.3, 0.4) is 0 Å². The highest BCUT2D eigenvalue weighted by Gasteiger charge is 2.19. The summed E-state index contributed by atoms with van der Waals surface area (Å²) in [5, 5.41) is 13.2. The van der Waals surface area contributed by atoms with Crippen molar-refractivity contribution < 1.29 is 4.79 Å². The Bertz CT molecular complexity index is 978. The van der Waals surface area contributed by atoms with Crippen molar-refractivity contribution in [1.29, 1.82) is 0 Å². The summed E-state index contributed by atoms with van der Waals surface area (Å²) in [6, 6.07) is 15.0. The molecule has 0 aliphatic rings. The minimum Gasteiger partial charge on any atom is -0.354 e. The van der Waals surface area contributed by atoms with E-state index in [0.29, 0.717) is 27.6 Å². The summed E-state index contributed by atoms with van der Waals surface area (Å²) < 4.78 is 1.90. The van der Waals surface area contributed by atoms with Crippen LogP contribution in [-0.2, 0) is 4.79 Å². The Hall–Kier alpha value is -2.06. The molecule has 0 saturated heterocycles. The van der Waals surface area contributed by atoms with Crippen molar-refractivity contribution in [1.82, 2.24) is 25.0 Å². The number of nitrogens with one attached hydrogen (secondary N) is 1. The van der Waals surface area contributed by atoms with Crippen molar-refractivity contribution in [2.75, 3.05) is 32.9 Å². The minimum atomic E-state index is -0.0504. The molecule has 6 nitrogen and oxygen atoms in total. The summed E-state index contributed by atoms with van der Waals surface area (Å²) in [5.74, 6) is 0.783. The van der Waals surface area contributed by atoms with Gasteiger partial charge in [0, 0.05) is 29.4 Å². The highest BCUT2D eigenvalue weighted by Crippen LogP contribution is 2.33. The Morgan fingerprint density at radius 1 is 1.14 bits per heavy atom. The van der Waals surface area contributed by atoms with Gasteiger partial charge in [-0.05, 0) is 44.4 Å². The molecule has 29 heavy (non-hydrogen) atoms. The molecule has 152 valence electrons. The van der Waals surface area contributed by atoms with Gasteiger partial charge in [-0.1, -0.05) is 53.2 Å². The number of carbonyl (C=O) groups excluding carboxylic acids is 1. The zero-order valence-electron chi connectivity index (χ0n) is 16.1. The first-order valence-electron chi connectivity index (χ1n) is 8.96. The van der Waals surface area contributed by atoms with Gasteiger partial charge in [-0.25, -0.2) is 0 Å². The normalized spacial score (nSPS) is 11.1. The third-order valence-corrected chi connectivity index (χ3v) is 5.51. The molecular weight excluding hydrogens is 429 g/mol. The standard InChI is InChI=1S/C20H21Cl2N5OS/c1-26(2)11-10-23-18(28)13-29-20-25-24-19(16-9-8-14(21)12-17(16)22)27(20)15-6-4-3-5-7-15/h3-9,12H,10-11,13H2,1-2H3,(H,23,28). The number of halogens is 2. The van der Waals surface area contributed by atoms with Crippen LogP contribution in [0.15, 0.2) is 53.7 Å². The van der Waals surface area contributed by atoms with E-state index in [-0.39, 0.29) is 11.7 Å². The van der Waals surface area contributed by atoms with Crippen molar-refractivity contribution in [3.05, 3.63) is 58.6 Å². The number of para-hydroxylation sites is 1. The van der Waals surface area contributed by atoms with Gasteiger partial charge in [0.15, 0.2) is 11.0 Å². The molecule has 3 rings (SSSR count). The van der Waals surface area contributed by atoms with E-state index < -0.39 is 0 Å². The van der Waals surface area contributed by atoms with E-state index >= 15 is 0 Å². The van der Waals surface area contributed by atoms with E-state index in [4.69, 9.17) is 23.2 Å². The molecular formula is C20H21Cl2N5OS. The van der Waals surface area contributed by atoms with Gasteiger partial charge in [-0.3, -0.25) is 9.36 Å². The number of nitrogens with zero attached hydrogens (tertiary/aromatic N) is 4. The van der Waals surface area contributed by atoms with Crippen molar-refractivity contribution in [3.8, 4) is 17.1 Å². The highest BCUT2D eigenvalue weighted by molar-refractivity contribution is 7.99. The summed E-state index contributed by atoms with van der Waals surface area (Å²) in [7, 11) is 3.93. The summed E-state index contributed by atoms with van der Waals surface area (Å²) in [6.45, 7) is 1.39. The lowest BCUT2D eigenvalue weighted by atomic mass is 10.2. The summed E-state index contributed by atoms with van der Waals surface area (Å²) >= 11 is 13.8. The molecule has 0 radical (unpaired) electrons. The third-order valence-electron chi connectivity index (χ3n) is 4.03. The van der Waals surface area contributed by atoms with Crippen LogP contribution in [0.2, 0.25) is 10.0 Å². The number of amides is 1. The predicted octanol–water partition coefficient (Wildman–Crippen LogP) is 4.01. The summed E-state index contributed by atoms with van der Waals surface area (Å²) in [6.07, 6.45) is 0. The second-order valence-corrected chi connectivity index (χ2v) is 8.33. The Kier molecular flexibility index (Phi) is 7.55. The predicted molar refractivity (Wildman–Crippen MR) is 119 cm³/mol. The summed E-state index contributed by atoms with van der Waals surface area (Å²) in [5.41, 5.74) is 1.60. The van der Waals surface area contributed by atoms with E-state index in [2.05, 4.69) is 15.5 Å². The van der Waals surface area contributed by atoms with Crippen molar-refractivity contribution in [2.24, 2.45) is 0 Å². The number of rotatable bonds is 8. The lowest BCUT2D eigenvalue weighted by molar-refractivity contribution is -0.118. The largest absolute Gasteiger partial charge is 0.354 e. The maximum absolute atomic E-state index is 12.2. The lowest BCUT2D eigenvalue weighted by Gasteiger charge is -2.12. The Morgan fingerprint density at radius 2 is 1.90 bits per heavy atom. The van der Waals surface area contributed by atoms with Crippen LogP contribution < -0.4 is 5.32 Å². The van der Waals surface area contributed by atoms with Crippen molar-refractivity contribution >= 4 is 40.9 Å². The molecule has 9 heteroatoms. The van der Waals surface area contributed by atoms with Gasteiger partial charge in [0.05, 0.1) is 10.8 Å². The summed E-state index contributed by atoms with van der Waals surface area (Å²) in [4.78, 5) is 14.2. The number of carbonyl (C=O) groups is 1. The Labute approximate surface area is 184 Å². The Balaban J connectivity index is 1.86. The van der Waals surface area contributed by atoms with E-state index in [0.717, 1.165) is 17.8 Å². The van der Waals surface area contributed by atoms with Crippen LogP contribution in [-0.4, -0.2) is 58.5 Å². The minimum absolute atomic E-state index is 0.0504. The van der Waals surface area contributed by atoms with Crippen LogP contribution in [0.1, 0.15) is 0 Å². The zero-order valence-corrected chi connectivity index (χ0v) is 18.4. The molecule has 0 fully saturated rings. The van der Waals surface area contributed by atoms with Gasteiger partial charge in [-0.15, -0.1) is 10.2 Å². The quantitative estimate of drug-likeness (QED) is 0.526. The number of benzene rings is 2. The molecule has 3 aromatic rings. The molecule has 1 N–H and O–H groups in total. The lowest BCUT2D eigenvalue weighted by Crippen LogP contribution is -2.32.